The van der Waals surface area contributed by atoms with Gasteiger partial charge in [0.1, 0.15) is 0 Å². The van der Waals surface area contributed by atoms with Gasteiger partial charge >= 0.3 is 5.76 Å². The first-order valence-electron chi connectivity index (χ1n) is 6.19. The summed E-state index contributed by atoms with van der Waals surface area (Å²) in [4.78, 5) is 11.7. The Morgan fingerprint density at radius 1 is 1.39 bits per heavy atom. The minimum Gasteiger partial charge on any atom is -0.408 e. The van der Waals surface area contributed by atoms with Crippen molar-refractivity contribution in [3.63, 3.8) is 0 Å². The number of nitrogen functional groups attached to an aromatic ring is 1. The molecule has 0 spiro atoms. The number of unbranched alkanes of at least 4 members (excludes halogenated alkanes) is 1. The van der Waals surface area contributed by atoms with Crippen LogP contribution in [0.2, 0.25) is 0 Å². The van der Waals surface area contributed by atoms with Gasteiger partial charge in [-0.1, -0.05) is 13.3 Å². The number of aromatic nitrogens is 1. The summed E-state index contributed by atoms with van der Waals surface area (Å²) in [5, 5.41) is 0. The van der Waals surface area contributed by atoms with Crippen LogP contribution < -0.4 is 11.5 Å². The molecule has 1 heterocycles. The van der Waals surface area contributed by atoms with Crippen LogP contribution in [0.4, 0.5) is 5.69 Å². The second-order valence-electron chi connectivity index (χ2n) is 4.21. The van der Waals surface area contributed by atoms with Gasteiger partial charge in [0, 0.05) is 12.3 Å². The molecular formula is C13H18N2O3. The Morgan fingerprint density at radius 3 is 3.00 bits per heavy atom. The summed E-state index contributed by atoms with van der Waals surface area (Å²) in [6.07, 6.45) is 2.14. The van der Waals surface area contributed by atoms with Crippen molar-refractivity contribution in [2.24, 2.45) is 0 Å². The molecule has 0 aliphatic rings. The van der Waals surface area contributed by atoms with Gasteiger partial charge in [-0.15, -0.1) is 0 Å². The first-order valence-corrected chi connectivity index (χ1v) is 6.19. The summed E-state index contributed by atoms with van der Waals surface area (Å²) < 4.78 is 12.1. The number of hydrogen-bond donors (Lipinski definition) is 1. The zero-order valence-corrected chi connectivity index (χ0v) is 10.5. The molecule has 98 valence electrons. The Hall–Kier alpha value is -1.75. The molecule has 5 heteroatoms. The lowest BCUT2D eigenvalue weighted by molar-refractivity contribution is 0.123. The van der Waals surface area contributed by atoms with Crippen LogP contribution >= 0.6 is 0 Å². The van der Waals surface area contributed by atoms with E-state index < -0.39 is 0 Å². The molecular weight excluding hydrogens is 232 g/mol. The predicted octanol–water partition coefficient (Wildman–Crippen LogP) is 1.99. The summed E-state index contributed by atoms with van der Waals surface area (Å²) in [5.74, 6) is -0.366. The number of anilines is 1. The third-order valence-electron chi connectivity index (χ3n) is 2.79. The Bertz CT molecular complexity index is 571. The van der Waals surface area contributed by atoms with Crippen LogP contribution in [0.15, 0.2) is 27.4 Å². The summed E-state index contributed by atoms with van der Waals surface area (Å²) in [5.41, 5.74) is 7.60. The van der Waals surface area contributed by atoms with Crippen LogP contribution in [0.3, 0.4) is 0 Å². The highest BCUT2D eigenvalue weighted by atomic mass is 16.5. The number of fused-ring (bicyclic) bond motifs is 1. The zero-order chi connectivity index (χ0) is 13.0. The smallest absolute Gasteiger partial charge is 0.408 e. The molecule has 0 fully saturated rings. The van der Waals surface area contributed by atoms with E-state index in [-0.39, 0.29) is 5.76 Å². The Kier molecular flexibility index (Phi) is 4.04. The van der Waals surface area contributed by atoms with Gasteiger partial charge < -0.3 is 14.9 Å². The van der Waals surface area contributed by atoms with E-state index in [0.29, 0.717) is 24.4 Å². The SMILES string of the molecule is CCCCOCCn1c(=O)oc2ccc(N)cc21. The Morgan fingerprint density at radius 2 is 2.22 bits per heavy atom. The first-order chi connectivity index (χ1) is 8.72. The summed E-state index contributed by atoms with van der Waals surface area (Å²) >= 11 is 0. The van der Waals surface area contributed by atoms with Crippen LogP contribution in [-0.2, 0) is 11.3 Å². The second-order valence-corrected chi connectivity index (χ2v) is 4.21. The van der Waals surface area contributed by atoms with Crippen molar-refractivity contribution in [2.45, 2.75) is 26.3 Å². The molecule has 1 aromatic carbocycles. The van der Waals surface area contributed by atoms with Gasteiger partial charge in [0.05, 0.1) is 18.7 Å². The number of oxazole rings is 1. The number of hydrogen-bond acceptors (Lipinski definition) is 4. The highest BCUT2D eigenvalue weighted by Crippen LogP contribution is 2.16. The molecule has 2 aromatic rings. The van der Waals surface area contributed by atoms with Crippen molar-refractivity contribution in [1.82, 2.24) is 4.57 Å². The molecule has 0 aliphatic heterocycles. The van der Waals surface area contributed by atoms with E-state index in [1.807, 2.05) is 0 Å². The molecule has 0 amide bonds. The quantitative estimate of drug-likeness (QED) is 0.628. The molecule has 5 nitrogen and oxygen atoms in total. The van der Waals surface area contributed by atoms with Gasteiger partial charge in [0.15, 0.2) is 5.58 Å². The van der Waals surface area contributed by atoms with Crippen molar-refractivity contribution in [1.29, 1.82) is 0 Å². The number of rotatable bonds is 6. The normalized spacial score (nSPS) is 11.2. The van der Waals surface area contributed by atoms with Crippen molar-refractivity contribution >= 4 is 16.8 Å². The van der Waals surface area contributed by atoms with Crippen LogP contribution in [0, 0.1) is 0 Å². The maximum atomic E-state index is 11.7. The Balaban J connectivity index is 2.10. The molecule has 0 radical (unpaired) electrons. The van der Waals surface area contributed by atoms with Crippen molar-refractivity contribution in [2.75, 3.05) is 18.9 Å². The fourth-order valence-corrected chi connectivity index (χ4v) is 1.80. The van der Waals surface area contributed by atoms with E-state index in [2.05, 4.69) is 6.92 Å². The minimum absolute atomic E-state index is 0.366. The highest BCUT2D eigenvalue weighted by Gasteiger charge is 2.08. The molecule has 0 bridgehead atoms. The molecule has 2 N–H and O–H groups in total. The third-order valence-corrected chi connectivity index (χ3v) is 2.79. The van der Waals surface area contributed by atoms with Gasteiger partial charge in [-0.25, -0.2) is 4.79 Å². The maximum absolute atomic E-state index is 11.7. The number of nitrogens with zero attached hydrogens (tertiary/aromatic N) is 1. The lowest BCUT2D eigenvalue weighted by atomic mass is 10.3. The second kappa shape index (κ2) is 5.73. The highest BCUT2D eigenvalue weighted by molar-refractivity contribution is 5.76. The van der Waals surface area contributed by atoms with Gasteiger partial charge in [-0.3, -0.25) is 4.57 Å². The fraction of sp³-hybridized carbons (Fsp3) is 0.462. The van der Waals surface area contributed by atoms with E-state index in [9.17, 15) is 4.79 Å². The van der Waals surface area contributed by atoms with Crippen molar-refractivity contribution < 1.29 is 9.15 Å². The van der Waals surface area contributed by atoms with Gasteiger partial charge in [0.25, 0.3) is 0 Å². The van der Waals surface area contributed by atoms with E-state index in [4.69, 9.17) is 14.9 Å². The molecule has 1 aromatic heterocycles. The molecule has 18 heavy (non-hydrogen) atoms. The molecule has 0 saturated heterocycles. The number of ether oxygens (including phenoxy) is 1. The maximum Gasteiger partial charge on any atom is 0.420 e. The molecule has 0 aliphatic carbocycles. The lowest BCUT2D eigenvalue weighted by Crippen LogP contribution is -2.17. The predicted molar refractivity (Wildman–Crippen MR) is 70.6 cm³/mol. The molecule has 2 rings (SSSR count). The standard InChI is InChI=1S/C13H18N2O3/c1-2-3-7-17-8-6-15-11-9-10(14)4-5-12(11)18-13(15)16/h4-5,9H,2-3,6-8,14H2,1H3. The lowest BCUT2D eigenvalue weighted by Gasteiger charge is -2.04. The largest absolute Gasteiger partial charge is 0.420 e. The monoisotopic (exact) mass is 250 g/mol. The van der Waals surface area contributed by atoms with Crippen LogP contribution in [0.5, 0.6) is 0 Å². The van der Waals surface area contributed by atoms with Crippen LogP contribution in [0.1, 0.15) is 19.8 Å². The number of nitrogens with two attached hydrogens (primary N) is 1. The van der Waals surface area contributed by atoms with Crippen LogP contribution in [-0.4, -0.2) is 17.8 Å². The van der Waals surface area contributed by atoms with Gasteiger partial charge in [-0.05, 0) is 24.6 Å². The Labute approximate surface area is 105 Å². The van der Waals surface area contributed by atoms with Gasteiger partial charge in [-0.2, -0.15) is 0 Å². The van der Waals surface area contributed by atoms with Crippen LogP contribution in [0.25, 0.3) is 11.1 Å². The molecule has 0 unspecified atom stereocenters. The zero-order valence-electron chi connectivity index (χ0n) is 10.5. The molecule has 0 atom stereocenters. The van der Waals surface area contributed by atoms with E-state index in [0.717, 1.165) is 25.0 Å². The molecule has 0 saturated carbocycles. The fourth-order valence-electron chi connectivity index (χ4n) is 1.80. The van der Waals surface area contributed by atoms with Crippen molar-refractivity contribution in [3.05, 3.63) is 28.7 Å². The van der Waals surface area contributed by atoms with E-state index in [1.165, 1.54) is 0 Å². The number of benzene rings is 1. The summed E-state index contributed by atoms with van der Waals surface area (Å²) in [7, 11) is 0. The first kappa shape index (κ1) is 12.7. The van der Waals surface area contributed by atoms with E-state index in [1.54, 1.807) is 22.8 Å². The summed E-state index contributed by atoms with van der Waals surface area (Å²) in [6, 6.07) is 5.17. The average molecular weight is 250 g/mol. The minimum atomic E-state index is -0.366. The summed E-state index contributed by atoms with van der Waals surface area (Å²) in [6.45, 7) is 3.83. The average Bonchev–Trinajstić information content (AvgIpc) is 2.65. The van der Waals surface area contributed by atoms with E-state index >= 15 is 0 Å². The topological polar surface area (TPSA) is 70.4 Å². The third kappa shape index (κ3) is 2.73. The van der Waals surface area contributed by atoms with Crippen molar-refractivity contribution in [3.8, 4) is 0 Å². The van der Waals surface area contributed by atoms with Gasteiger partial charge in [0.2, 0.25) is 0 Å².